The summed E-state index contributed by atoms with van der Waals surface area (Å²) in [7, 11) is 0. The normalized spacial score (nSPS) is 10.6. The van der Waals surface area contributed by atoms with Gasteiger partial charge in [0.05, 0.1) is 6.54 Å². The van der Waals surface area contributed by atoms with Gasteiger partial charge in [-0.25, -0.2) is 0 Å². The molecule has 2 aromatic heterocycles. The van der Waals surface area contributed by atoms with Crippen molar-refractivity contribution in [3.05, 3.63) is 72.2 Å². The summed E-state index contributed by atoms with van der Waals surface area (Å²) < 4.78 is 1.78. The molecule has 0 saturated heterocycles. The topological polar surface area (TPSA) is 63.1 Å². The number of aromatic nitrogens is 3. The maximum atomic E-state index is 12.5. The molecule has 0 atom stereocenters. The number of unbranched alkanes of at least 4 members (excludes halogenated alkanes) is 1. The van der Waals surface area contributed by atoms with Crippen LogP contribution >= 0.6 is 0 Å². The summed E-state index contributed by atoms with van der Waals surface area (Å²) in [6.07, 6.45) is 7.73. The quantitative estimate of drug-likeness (QED) is 0.607. The van der Waals surface area contributed by atoms with E-state index in [4.69, 9.17) is 0 Å². The van der Waals surface area contributed by atoms with E-state index in [0.29, 0.717) is 17.9 Å². The first-order valence-electron chi connectivity index (χ1n) is 9.78. The number of benzene rings is 1. The summed E-state index contributed by atoms with van der Waals surface area (Å²) >= 11 is 0. The van der Waals surface area contributed by atoms with Gasteiger partial charge in [-0.3, -0.25) is 14.5 Å². The van der Waals surface area contributed by atoms with Crippen LogP contribution in [0.4, 0.5) is 11.5 Å². The van der Waals surface area contributed by atoms with Crippen LogP contribution in [0.5, 0.6) is 0 Å². The van der Waals surface area contributed by atoms with Gasteiger partial charge in [0.2, 0.25) is 0 Å². The fourth-order valence-electron chi connectivity index (χ4n) is 3.03. The lowest BCUT2D eigenvalue weighted by Crippen LogP contribution is -2.23. The third-order valence-electron chi connectivity index (χ3n) is 4.61. The van der Waals surface area contributed by atoms with Crippen molar-refractivity contribution in [3.63, 3.8) is 0 Å². The van der Waals surface area contributed by atoms with Crippen LogP contribution < -0.4 is 10.2 Å². The molecule has 0 bridgehead atoms. The Bertz CT molecular complexity index is 873. The molecule has 1 amide bonds. The highest BCUT2D eigenvalue weighted by Gasteiger charge is 2.10. The molecule has 28 heavy (non-hydrogen) atoms. The Kier molecular flexibility index (Phi) is 6.78. The molecule has 1 aromatic carbocycles. The van der Waals surface area contributed by atoms with Crippen LogP contribution in [0.1, 0.15) is 42.6 Å². The van der Waals surface area contributed by atoms with Crippen molar-refractivity contribution in [2.24, 2.45) is 0 Å². The number of hydrogen-bond acceptors (Lipinski definition) is 4. The van der Waals surface area contributed by atoms with Gasteiger partial charge in [-0.2, -0.15) is 5.10 Å². The summed E-state index contributed by atoms with van der Waals surface area (Å²) in [4.78, 5) is 18.9. The van der Waals surface area contributed by atoms with Crippen molar-refractivity contribution in [2.75, 3.05) is 23.3 Å². The van der Waals surface area contributed by atoms with Crippen LogP contribution in [0.3, 0.4) is 0 Å². The summed E-state index contributed by atoms with van der Waals surface area (Å²) in [6.45, 7) is 6.95. The number of anilines is 2. The third kappa shape index (κ3) is 5.19. The number of pyridine rings is 1. The van der Waals surface area contributed by atoms with Gasteiger partial charge in [0.15, 0.2) is 5.82 Å². The zero-order valence-corrected chi connectivity index (χ0v) is 16.5. The Hall–Kier alpha value is -3.15. The number of carbonyl (C=O) groups excluding carboxylic acids is 1. The molecule has 0 spiro atoms. The second-order valence-corrected chi connectivity index (χ2v) is 6.69. The molecule has 0 radical (unpaired) electrons. The molecular formula is C22H27N5O. The summed E-state index contributed by atoms with van der Waals surface area (Å²) in [5, 5.41) is 7.27. The molecule has 0 aliphatic carbocycles. The molecule has 2 heterocycles. The van der Waals surface area contributed by atoms with E-state index in [0.717, 1.165) is 30.8 Å². The van der Waals surface area contributed by atoms with Crippen molar-refractivity contribution in [1.82, 2.24) is 14.8 Å². The first kappa shape index (κ1) is 19.6. The first-order chi connectivity index (χ1) is 13.7. The Morgan fingerprint density at radius 3 is 2.64 bits per heavy atom. The van der Waals surface area contributed by atoms with Gasteiger partial charge in [0.25, 0.3) is 5.91 Å². The third-order valence-corrected chi connectivity index (χ3v) is 4.61. The average molecular weight is 377 g/mol. The van der Waals surface area contributed by atoms with Crippen LogP contribution in [0.15, 0.2) is 61.1 Å². The van der Waals surface area contributed by atoms with Gasteiger partial charge >= 0.3 is 0 Å². The minimum absolute atomic E-state index is 0.158. The number of carbonyl (C=O) groups is 1. The molecule has 0 aliphatic rings. The van der Waals surface area contributed by atoms with Gasteiger partial charge in [0, 0.05) is 49.0 Å². The number of nitrogens with zero attached hydrogens (tertiary/aromatic N) is 4. The summed E-state index contributed by atoms with van der Waals surface area (Å²) in [5.41, 5.74) is 2.83. The molecule has 1 N–H and O–H groups in total. The van der Waals surface area contributed by atoms with E-state index < -0.39 is 0 Å². The van der Waals surface area contributed by atoms with Gasteiger partial charge in [-0.1, -0.05) is 19.4 Å². The van der Waals surface area contributed by atoms with E-state index in [1.54, 1.807) is 16.9 Å². The van der Waals surface area contributed by atoms with Crippen molar-refractivity contribution in [1.29, 1.82) is 0 Å². The molecule has 6 heteroatoms. The molecule has 146 valence electrons. The standard InChI is InChI=1S/C22H27N5O/c1-3-5-14-26(4-2)20-10-8-19(9-11-20)22(28)24-21-12-15-27(25-21)17-18-7-6-13-23-16-18/h6-13,15-16H,3-5,14,17H2,1-2H3,(H,24,25,28). The zero-order chi connectivity index (χ0) is 19.8. The predicted molar refractivity (Wildman–Crippen MR) is 113 cm³/mol. The molecule has 0 fully saturated rings. The van der Waals surface area contributed by atoms with E-state index >= 15 is 0 Å². The van der Waals surface area contributed by atoms with Gasteiger partial charge < -0.3 is 10.2 Å². The van der Waals surface area contributed by atoms with Crippen LogP contribution in [-0.2, 0) is 6.54 Å². The minimum Gasteiger partial charge on any atom is -0.372 e. The Morgan fingerprint density at radius 2 is 1.96 bits per heavy atom. The maximum Gasteiger partial charge on any atom is 0.256 e. The second kappa shape index (κ2) is 9.69. The highest BCUT2D eigenvalue weighted by Crippen LogP contribution is 2.17. The molecule has 0 aliphatic heterocycles. The van der Waals surface area contributed by atoms with E-state index in [-0.39, 0.29) is 5.91 Å². The number of hydrogen-bond donors (Lipinski definition) is 1. The van der Waals surface area contributed by atoms with Gasteiger partial charge in [-0.05, 0) is 49.2 Å². The van der Waals surface area contributed by atoms with E-state index in [2.05, 4.69) is 34.1 Å². The molecule has 6 nitrogen and oxygen atoms in total. The van der Waals surface area contributed by atoms with E-state index in [1.165, 1.54) is 6.42 Å². The van der Waals surface area contributed by atoms with Crippen molar-refractivity contribution in [3.8, 4) is 0 Å². The fourth-order valence-corrected chi connectivity index (χ4v) is 3.03. The van der Waals surface area contributed by atoms with E-state index in [9.17, 15) is 4.79 Å². The smallest absolute Gasteiger partial charge is 0.256 e. The maximum absolute atomic E-state index is 12.5. The largest absolute Gasteiger partial charge is 0.372 e. The lowest BCUT2D eigenvalue weighted by atomic mass is 10.1. The molecule has 3 rings (SSSR count). The van der Waals surface area contributed by atoms with Crippen molar-refractivity contribution >= 4 is 17.4 Å². The lowest BCUT2D eigenvalue weighted by Gasteiger charge is -2.23. The molecule has 3 aromatic rings. The summed E-state index contributed by atoms with van der Waals surface area (Å²) in [6, 6.07) is 13.4. The average Bonchev–Trinajstić information content (AvgIpc) is 3.16. The fraction of sp³-hybridized carbons (Fsp3) is 0.318. The Labute approximate surface area is 166 Å². The van der Waals surface area contributed by atoms with Gasteiger partial charge in [0.1, 0.15) is 0 Å². The Morgan fingerprint density at radius 1 is 1.14 bits per heavy atom. The highest BCUT2D eigenvalue weighted by molar-refractivity contribution is 6.03. The minimum atomic E-state index is -0.158. The molecule has 0 saturated carbocycles. The van der Waals surface area contributed by atoms with Crippen LogP contribution in [0.25, 0.3) is 0 Å². The Balaban J connectivity index is 1.60. The SMILES string of the molecule is CCCCN(CC)c1ccc(C(=O)Nc2ccn(Cc3cccnc3)n2)cc1. The van der Waals surface area contributed by atoms with Crippen LogP contribution in [0.2, 0.25) is 0 Å². The van der Waals surface area contributed by atoms with Crippen LogP contribution in [0, 0.1) is 0 Å². The molecule has 0 unspecified atom stereocenters. The summed E-state index contributed by atoms with van der Waals surface area (Å²) in [5.74, 6) is 0.380. The lowest BCUT2D eigenvalue weighted by molar-refractivity contribution is 0.102. The highest BCUT2D eigenvalue weighted by atomic mass is 16.1. The number of rotatable bonds is 9. The van der Waals surface area contributed by atoms with Crippen molar-refractivity contribution in [2.45, 2.75) is 33.2 Å². The predicted octanol–water partition coefficient (Wildman–Crippen LogP) is 4.21. The van der Waals surface area contributed by atoms with Gasteiger partial charge in [-0.15, -0.1) is 0 Å². The zero-order valence-electron chi connectivity index (χ0n) is 16.5. The van der Waals surface area contributed by atoms with Crippen molar-refractivity contribution < 1.29 is 4.79 Å². The monoisotopic (exact) mass is 377 g/mol. The number of amides is 1. The van der Waals surface area contributed by atoms with Crippen LogP contribution in [-0.4, -0.2) is 33.8 Å². The second-order valence-electron chi connectivity index (χ2n) is 6.69. The number of nitrogens with one attached hydrogen (secondary N) is 1. The molecular weight excluding hydrogens is 350 g/mol. The first-order valence-corrected chi connectivity index (χ1v) is 9.78. The van der Waals surface area contributed by atoms with E-state index in [1.807, 2.05) is 48.8 Å².